The molecule has 1 aromatic carbocycles. The maximum atomic E-state index is 13.5. The third-order valence-electron chi connectivity index (χ3n) is 2.13. The van der Waals surface area contributed by atoms with Gasteiger partial charge < -0.3 is 0 Å². The molecular weight excluding hydrogens is 183 g/mol. The largest absolute Gasteiger partial charge is 0.207 e. The molecule has 12 heavy (non-hydrogen) atoms. The molecule has 0 spiro atoms. The second kappa shape index (κ2) is 4.00. The Bertz CT molecular complexity index is 259. The number of hydrogen-bond acceptors (Lipinski definition) is 0. The Morgan fingerprint density at radius 2 is 1.50 bits per heavy atom. The first-order chi connectivity index (χ1) is 5.69. The third-order valence-corrected chi connectivity index (χ3v) is 4.68. The van der Waals surface area contributed by atoms with E-state index >= 15 is 0 Å². The molecule has 0 saturated heterocycles. The summed E-state index contributed by atoms with van der Waals surface area (Å²) in [7, 11) is -0.685. The quantitative estimate of drug-likeness (QED) is 0.578. The fraction of sp³-hybridized carbons (Fsp3) is 0.333. The highest BCUT2D eigenvalue weighted by Gasteiger charge is 2.05. The Morgan fingerprint density at radius 3 is 1.83 bits per heavy atom. The molecule has 0 fully saturated rings. The predicted molar refractivity (Wildman–Crippen MR) is 59.2 cm³/mol. The van der Waals surface area contributed by atoms with E-state index in [0.717, 1.165) is 10.4 Å². The number of halogens is 1. The topological polar surface area (TPSA) is 0 Å². The Hall–Kier alpha value is -0.416. The zero-order valence-electron chi connectivity index (χ0n) is 7.95. The molecule has 66 valence electrons. The Kier molecular flexibility index (Phi) is 3.23. The van der Waals surface area contributed by atoms with Gasteiger partial charge in [0.05, 0.1) is 19.0 Å². The first-order valence-corrected chi connectivity index (χ1v) is 8.71. The summed E-state index contributed by atoms with van der Waals surface area (Å²) in [6, 6.07) is 4.02. The van der Waals surface area contributed by atoms with E-state index in [0.29, 0.717) is 0 Å². The van der Waals surface area contributed by atoms with E-state index in [1.165, 1.54) is 5.56 Å². The van der Waals surface area contributed by atoms with E-state index in [1.54, 1.807) is 0 Å². The molecule has 0 aliphatic rings. The van der Waals surface area contributed by atoms with Crippen LogP contribution in [0.3, 0.4) is 0 Å². The average Bonchev–Trinajstić information content (AvgIpc) is 2.08. The van der Waals surface area contributed by atoms with E-state index < -0.39 is 0 Å². The van der Waals surface area contributed by atoms with Crippen LogP contribution >= 0.6 is 0 Å². The van der Waals surface area contributed by atoms with Gasteiger partial charge in [-0.15, -0.1) is 0 Å². The number of aryl methyl sites for hydroxylation is 1. The van der Waals surface area contributed by atoms with Crippen molar-refractivity contribution in [2.75, 3.05) is 0 Å². The SMILES string of the molecule is C[SiH2]c1cc(C)cc([SiH2]C)c1F. The van der Waals surface area contributed by atoms with Crippen LogP contribution in [0.5, 0.6) is 0 Å². The monoisotopic (exact) mass is 198 g/mol. The van der Waals surface area contributed by atoms with Gasteiger partial charge in [0, 0.05) is 0 Å². The van der Waals surface area contributed by atoms with E-state index in [2.05, 4.69) is 20.0 Å². The molecule has 3 heteroatoms. The molecular formula is C9H15FSi2. The predicted octanol–water partition coefficient (Wildman–Crippen LogP) is -0.181. The Morgan fingerprint density at radius 1 is 1.08 bits per heavy atom. The van der Waals surface area contributed by atoms with Crippen molar-refractivity contribution in [3.05, 3.63) is 23.5 Å². The summed E-state index contributed by atoms with van der Waals surface area (Å²) in [4.78, 5) is 0. The molecule has 0 heterocycles. The first kappa shape index (κ1) is 9.67. The third kappa shape index (κ3) is 1.84. The minimum Gasteiger partial charge on any atom is -0.207 e. The van der Waals surface area contributed by atoms with Crippen molar-refractivity contribution in [2.45, 2.75) is 20.0 Å². The van der Waals surface area contributed by atoms with E-state index in [-0.39, 0.29) is 24.9 Å². The van der Waals surface area contributed by atoms with Crippen molar-refractivity contribution in [1.29, 1.82) is 0 Å². The smallest absolute Gasteiger partial charge is 0.120 e. The molecule has 0 aromatic heterocycles. The van der Waals surface area contributed by atoms with Crippen LogP contribution in [0.2, 0.25) is 13.1 Å². The van der Waals surface area contributed by atoms with Gasteiger partial charge in [-0.3, -0.25) is 0 Å². The fourth-order valence-electron chi connectivity index (χ4n) is 1.44. The van der Waals surface area contributed by atoms with Crippen LogP contribution in [-0.2, 0) is 0 Å². The molecule has 0 aliphatic carbocycles. The van der Waals surface area contributed by atoms with E-state index in [1.807, 2.05) is 12.1 Å². The van der Waals surface area contributed by atoms with Crippen molar-refractivity contribution >= 4 is 29.4 Å². The molecule has 0 nitrogen and oxygen atoms in total. The second-order valence-electron chi connectivity index (χ2n) is 3.10. The van der Waals surface area contributed by atoms with Gasteiger partial charge in [-0.25, -0.2) is 4.39 Å². The van der Waals surface area contributed by atoms with Gasteiger partial charge in [0.1, 0.15) is 5.82 Å². The molecule has 0 unspecified atom stereocenters. The minimum absolute atomic E-state index is 0.115. The van der Waals surface area contributed by atoms with Crippen LogP contribution < -0.4 is 10.4 Å². The lowest BCUT2D eigenvalue weighted by molar-refractivity contribution is 0.643. The van der Waals surface area contributed by atoms with Crippen LogP contribution in [0.15, 0.2) is 12.1 Å². The lowest BCUT2D eigenvalue weighted by Crippen LogP contribution is -2.28. The summed E-state index contributed by atoms with van der Waals surface area (Å²) in [5, 5.41) is 2.03. The summed E-state index contributed by atoms with van der Waals surface area (Å²) >= 11 is 0. The highest BCUT2D eigenvalue weighted by molar-refractivity contribution is 6.56. The van der Waals surface area contributed by atoms with Gasteiger partial charge in [-0.05, 0) is 17.3 Å². The molecule has 0 aliphatic heterocycles. The molecule has 1 aromatic rings. The Labute approximate surface area is 77.8 Å². The Balaban J connectivity index is 3.22. The lowest BCUT2D eigenvalue weighted by Gasteiger charge is -2.06. The summed E-state index contributed by atoms with van der Waals surface area (Å²) in [5.41, 5.74) is 1.23. The maximum Gasteiger partial charge on any atom is 0.120 e. The molecule has 0 bridgehead atoms. The van der Waals surface area contributed by atoms with Crippen LogP contribution in [0, 0.1) is 12.7 Å². The van der Waals surface area contributed by atoms with Gasteiger partial charge >= 0.3 is 0 Å². The fourth-order valence-corrected chi connectivity index (χ4v) is 3.82. The van der Waals surface area contributed by atoms with Crippen molar-refractivity contribution in [1.82, 2.24) is 0 Å². The lowest BCUT2D eigenvalue weighted by atomic mass is 10.2. The second-order valence-corrected chi connectivity index (χ2v) is 6.04. The summed E-state index contributed by atoms with van der Waals surface area (Å²) in [5.74, 6) is 0.115. The zero-order chi connectivity index (χ0) is 9.14. The maximum absolute atomic E-state index is 13.5. The summed E-state index contributed by atoms with van der Waals surface area (Å²) < 4.78 is 13.5. The highest BCUT2D eigenvalue weighted by atomic mass is 28.2. The summed E-state index contributed by atoms with van der Waals surface area (Å²) in [6.45, 7) is 6.33. The number of hydrogen-bond donors (Lipinski definition) is 0. The minimum atomic E-state index is -0.343. The molecule has 0 saturated carbocycles. The van der Waals surface area contributed by atoms with Crippen LogP contribution in [-0.4, -0.2) is 19.0 Å². The van der Waals surface area contributed by atoms with Gasteiger partial charge in [0.2, 0.25) is 0 Å². The highest BCUT2D eigenvalue weighted by Crippen LogP contribution is 1.96. The van der Waals surface area contributed by atoms with Crippen molar-refractivity contribution in [3.63, 3.8) is 0 Å². The zero-order valence-corrected chi connectivity index (χ0v) is 10.8. The van der Waals surface area contributed by atoms with Crippen LogP contribution in [0.25, 0.3) is 0 Å². The number of benzene rings is 1. The van der Waals surface area contributed by atoms with Crippen LogP contribution in [0.1, 0.15) is 5.56 Å². The van der Waals surface area contributed by atoms with Gasteiger partial charge in [-0.2, -0.15) is 0 Å². The van der Waals surface area contributed by atoms with Crippen molar-refractivity contribution < 1.29 is 4.39 Å². The average molecular weight is 198 g/mol. The van der Waals surface area contributed by atoms with E-state index in [9.17, 15) is 4.39 Å². The molecule has 0 atom stereocenters. The summed E-state index contributed by atoms with van der Waals surface area (Å²) in [6.07, 6.45) is 0. The van der Waals surface area contributed by atoms with Gasteiger partial charge in [0.25, 0.3) is 0 Å². The van der Waals surface area contributed by atoms with Gasteiger partial charge in [-0.1, -0.05) is 30.8 Å². The van der Waals surface area contributed by atoms with Crippen LogP contribution in [0.4, 0.5) is 4.39 Å². The number of rotatable bonds is 2. The van der Waals surface area contributed by atoms with E-state index in [4.69, 9.17) is 0 Å². The first-order valence-electron chi connectivity index (χ1n) is 4.47. The normalized spacial score (nSPS) is 12.3. The molecule has 0 N–H and O–H groups in total. The van der Waals surface area contributed by atoms with Crippen molar-refractivity contribution in [3.8, 4) is 0 Å². The molecule has 0 radical (unpaired) electrons. The molecule has 0 amide bonds. The van der Waals surface area contributed by atoms with Crippen molar-refractivity contribution in [2.24, 2.45) is 0 Å². The standard InChI is InChI=1S/C9H15FSi2/c1-6-4-7(11-2)9(10)8(5-6)12-3/h4-5H,11-12H2,1-3H3. The molecule has 1 rings (SSSR count). The van der Waals surface area contributed by atoms with Gasteiger partial charge in [0.15, 0.2) is 0 Å².